The highest BCUT2D eigenvalue weighted by atomic mass is 32.2. The topological polar surface area (TPSA) is 157 Å². The fraction of sp³-hybridized carbons (Fsp3) is 0.0667. The maximum atomic E-state index is 10.6. The first-order chi connectivity index (χ1) is 12.4. The highest BCUT2D eigenvalue weighted by molar-refractivity contribution is 7.86. The number of nitrogens with zero attached hydrogens (tertiary/aromatic N) is 5. The van der Waals surface area contributed by atoms with Crippen molar-refractivity contribution < 1.29 is 8.42 Å². The van der Waals surface area contributed by atoms with Crippen LogP contribution in [0.3, 0.4) is 0 Å². The van der Waals surface area contributed by atoms with E-state index in [0.717, 1.165) is 9.82 Å². The van der Waals surface area contributed by atoms with Crippen LogP contribution < -0.4 is 10.9 Å². The van der Waals surface area contributed by atoms with Crippen LogP contribution in [0.4, 0.5) is 5.82 Å². The molecule has 0 saturated heterocycles. The highest BCUT2D eigenvalue weighted by Crippen LogP contribution is 2.20. The van der Waals surface area contributed by atoms with E-state index in [1.54, 1.807) is 36.8 Å². The van der Waals surface area contributed by atoms with Gasteiger partial charge in [0, 0.05) is 24.8 Å². The Balaban J connectivity index is 0.000000170. The second kappa shape index (κ2) is 7.29. The van der Waals surface area contributed by atoms with Crippen LogP contribution in [0.5, 0.6) is 0 Å². The van der Waals surface area contributed by atoms with E-state index in [2.05, 4.69) is 24.9 Å². The van der Waals surface area contributed by atoms with Crippen molar-refractivity contribution in [2.24, 2.45) is 5.14 Å². The average molecular weight is 372 g/mol. The number of allylic oxidation sites excluding steroid dienone is 2. The number of hydrogen-bond donors (Lipinski definition) is 3. The predicted octanol–water partition coefficient (Wildman–Crippen LogP) is 0.573. The standard InChI is InChI=1S/C10H8N6.C5H8N2O2S/c11-8-7(12-4-5-13-8)10-15-6-2-1-3-14-9(6)16-10;6-10(8,9)7-4-2-1-3-5-7/h1-5H,(H2,11,13)(H,14,15,16);1-4H,5H2,(H2,6,8,9). The highest BCUT2D eigenvalue weighted by Gasteiger charge is 2.11. The minimum absolute atomic E-state index is 0.329. The van der Waals surface area contributed by atoms with Crippen LogP contribution in [0.25, 0.3) is 22.7 Å². The smallest absolute Gasteiger partial charge is 0.298 e. The SMILES string of the molecule is NS(=O)(=O)N1C=CC=CC1.Nc1nccnc1-c1nc2ncccc2[nH]1. The van der Waals surface area contributed by atoms with Crippen LogP contribution in [-0.4, -0.2) is 44.2 Å². The van der Waals surface area contributed by atoms with Gasteiger partial charge in [-0.05, 0) is 18.2 Å². The van der Waals surface area contributed by atoms with Crippen LogP contribution in [0.2, 0.25) is 0 Å². The number of hydrogen-bond acceptors (Lipinski definition) is 7. The van der Waals surface area contributed by atoms with Gasteiger partial charge in [0.1, 0.15) is 5.69 Å². The zero-order valence-electron chi connectivity index (χ0n) is 13.5. The maximum absolute atomic E-state index is 10.6. The number of anilines is 1. The van der Waals surface area contributed by atoms with E-state index in [9.17, 15) is 8.42 Å². The third-order valence-corrected chi connectivity index (χ3v) is 4.24. The third-order valence-electron chi connectivity index (χ3n) is 3.32. The number of aromatic nitrogens is 5. The quantitative estimate of drug-likeness (QED) is 0.593. The van der Waals surface area contributed by atoms with Gasteiger partial charge < -0.3 is 10.7 Å². The van der Waals surface area contributed by atoms with Crippen LogP contribution in [0, 0.1) is 0 Å². The molecular weight excluding hydrogens is 356 g/mol. The van der Waals surface area contributed by atoms with Crippen LogP contribution in [-0.2, 0) is 10.2 Å². The lowest BCUT2D eigenvalue weighted by Gasteiger charge is -2.16. The van der Waals surface area contributed by atoms with Gasteiger partial charge in [0.25, 0.3) is 10.2 Å². The number of nitrogen functional groups attached to an aromatic ring is 1. The van der Waals surface area contributed by atoms with Crippen molar-refractivity contribution in [3.63, 3.8) is 0 Å². The summed E-state index contributed by atoms with van der Waals surface area (Å²) in [6.45, 7) is 0.329. The first kappa shape index (κ1) is 17.5. The fourth-order valence-electron chi connectivity index (χ4n) is 2.13. The van der Waals surface area contributed by atoms with E-state index in [1.807, 2.05) is 12.1 Å². The minimum atomic E-state index is -3.53. The Morgan fingerprint density at radius 3 is 2.54 bits per heavy atom. The molecule has 3 aromatic heterocycles. The van der Waals surface area contributed by atoms with Crippen molar-refractivity contribution in [2.45, 2.75) is 0 Å². The van der Waals surface area contributed by atoms with Gasteiger partial charge in [-0.25, -0.2) is 25.1 Å². The molecule has 0 amide bonds. The Kier molecular flexibility index (Phi) is 4.91. The molecule has 0 aromatic carbocycles. The molecule has 0 fully saturated rings. The second-order valence-corrected chi connectivity index (χ2v) is 6.63. The van der Waals surface area contributed by atoms with Gasteiger partial charge in [-0.2, -0.15) is 8.42 Å². The maximum Gasteiger partial charge on any atom is 0.298 e. The molecule has 0 atom stereocenters. The number of H-pyrrole nitrogens is 1. The molecule has 26 heavy (non-hydrogen) atoms. The number of rotatable bonds is 2. The normalized spacial score (nSPS) is 13.5. The number of aromatic amines is 1. The van der Waals surface area contributed by atoms with Crippen LogP contribution in [0.15, 0.2) is 55.2 Å². The average Bonchev–Trinajstić information content (AvgIpc) is 3.06. The molecule has 11 heteroatoms. The molecule has 0 unspecified atom stereocenters. The van der Waals surface area contributed by atoms with Crippen molar-refractivity contribution in [2.75, 3.05) is 12.3 Å². The van der Waals surface area contributed by atoms with Crippen molar-refractivity contribution in [1.29, 1.82) is 0 Å². The Hall–Kier alpha value is -3.31. The van der Waals surface area contributed by atoms with Crippen LogP contribution >= 0.6 is 0 Å². The summed E-state index contributed by atoms with van der Waals surface area (Å²) in [5.74, 6) is 0.931. The number of imidazole rings is 1. The van der Waals surface area contributed by atoms with Crippen molar-refractivity contribution in [3.05, 3.63) is 55.2 Å². The molecule has 10 nitrogen and oxygen atoms in total. The van der Waals surface area contributed by atoms with Gasteiger partial charge in [-0.3, -0.25) is 4.31 Å². The first-order valence-corrected chi connectivity index (χ1v) is 8.96. The minimum Gasteiger partial charge on any atom is -0.382 e. The summed E-state index contributed by atoms with van der Waals surface area (Å²) in [6, 6.07) is 3.73. The zero-order chi connectivity index (χ0) is 18.6. The zero-order valence-corrected chi connectivity index (χ0v) is 14.3. The lowest BCUT2D eigenvalue weighted by atomic mass is 10.4. The van der Waals surface area contributed by atoms with Gasteiger partial charge >= 0.3 is 0 Å². The van der Waals surface area contributed by atoms with Gasteiger partial charge in [-0.1, -0.05) is 12.2 Å². The molecule has 1 aliphatic heterocycles. The molecule has 5 N–H and O–H groups in total. The van der Waals surface area contributed by atoms with Gasteiger partial charge in [0.05, 0.1) is 12.1 Å². The summed E-state index contributed by atoms with van der Waals surface area (Å²) in [5.41, 5.74) is 7.75. The second-order valence-electron chi connectivity index (χ2n) is 5.13. The summed E-state index contributed by atoms with van der Waals surface area (Å²) in [4.78, 5) is 19.6. The van der Waals surface area contributed by atoms with Gasteiger partial charge in [0.2, 0.25) is 0 Å². The lowest BCUT2D eigenvalue weighted by Crippen LogP contribution is -2.33. The van der Waals surface area contributed by atoms with E-state index in [4.69, 9.17) is 10.9 Å². The summed E-state index contributed by atoms with van der Waals surface area (Å²) in [6.07, 6.45) is 11.3. The molecule has 0 spiro atoms. The molecule has 3 aromatic rings. The largest absolute Gasteiger partial charge is 0.382 e. The first-order valence-electron chi connectivity index (χ1n) is 7.45. The number of nitrogens with one attached hydrogen (secondary N) is 1. The molecule has 4 heterocycles. The number of fused-ring (bicyclic) bond motifs is 1. The molecule has 1 aliphatic rings. The Bertz CT molecular complexity index is 1040. The summed E-state index contributed by atoms with van der Waals surface area (Å²) in [7, 11) is -3.53. The monoisotopic (exact) mass is 372 g/mol. The molecular formula is C15H16N8O2S. The van der Waals surface area contributed by atoms with Crippen molar-refractivity contribution in [1.82, 2.24) is 29.2 Å². The number of pyridine rings is 1. The molecule has 134 valence electrons. The van der Waals surface area contributed by atoms with E-state index in [-0.39, 0.29) is 0 Å². The van der Waals surface area contributed by atoms with Crippen LogP contribution in [0.1, 0.15) is 0 Å². The molecule has 4 rings (SSSR count). The van der Waals surface area contributed by atoms with E-state index in [0.29, 0.717) is 29.5 Å². The summed E-state index contributed by atoms with van der Waals surface area (Å²) in [5, 5.41) is 4.82. The van der Waals surface area contributed by atoms with Crippen molar-refractivity contribution in [3.8, 4) is 11.5 Å². The molecule has 0 aliphatic carbocycles. The van der Waals surface area contributed by atoms with Gasteiger partial charge in [-0.15, -0.1) is 0 Å². The summed E-state index contributed by atoms with van der Waals surface area (Å²) < 4.78 is 22.3. The summed E-state index contributed by atoms with van der Waals surface area (Å²) >= 11 is 0. The Labute approximate surface area is 149 Å². The third kappa shape index (κ3) is 4.02. The molecule has 0 saturated carbocycles. The Morgan fingerprint density at radius 2 is 1.92 bits per heavy atom. The van der Waals surface area contributed by atoms with Gasteiger partial charge in [0.15, 0.2) is 17.3 Å². The molecule has 0 bridgehead atoms. The van der Waals surface area contributed by atoms with E-state index < -0.39 is 10.2 Å². The fourth-order valence-corrected chi connectivity index (χ4v) is 2.66. The van der Waals surface area contributed by atoms with E-state index >= 15 is 0 Å². The number of nitrogens with two attached hydrogens (primary N) is 2. The van der Waals surface area contributed by atoms with Crippen molar-refractivity contribution >= 4 is 27.2 Å². The van der Waals surface area contributed by atoms with E-state index in [1.165, 1.54) is 6.20 Å². The Morgan fingerprint density at radius 1 is 1.12 bits per heavy atom. The molecule has 0 radical (unpaired) electrons. The lowest BCUT2D eigenvalue weighted by molar-refractivity contribution is 0.522. The predicted molar refractivity (Wildman–Crippen MR) is 97.4 cm³/mol.